The molecule has 8 rings (SSSR count). The van der Waals surface area contributed by atoms with Crippen LogP contribution in [0.1, 0.15) is 100.0 Å². The highest BCUT2D eigenvalue weighted by atomic mass is 35.5. The molecule has 0 unspecified atom stereocenters. The monoisotopic (exact) mass is 1400 g/mol. The van der Waals surface area contributed by atoms with Crippen molar-refractivity contribution in [2.24, 2.45) is 5.41 Å². The van der Waals surface area contributed by atoms with Gasteiger partial charge in [0.25, 0.3) is 0 Å². The van der Waals surface area contributed by atoms with Crippen LogP contribution in [0.4, 0.5) is 0 Å². The number of benzene rings is 4. The summed E-state index contributed by atoms with van der Waals surface area (Å²) in [5.74, 6) is 4.82. The standard InChI is InChI=1S/C57H60Cl12N12O4/c1-5-9-45-70-49(78(74-45)53-37(62)21-33(58)22-38(53)63)13-17-82-29-57(30-83-18-14-50-71-46(10-6-2)75-79(50)54-39(64)23-34(59)24-40(54)65,31-84-19-15-51-72-47(11-7-3)76-80(51)55-41(66)25-35(60)26-42(55)67)32-85-20-16-52-73-48(12-8-4)77-81(52)56-43(68)27-36(61)28-44(56)69/h21-28H,5-20,29-32H2,1-4H3. The van der Waals surface area contributed by atoms with Gasteiger partial charge in [-0.25, -0.2) is 38.7 Å². The van der Waals surface area contributed by atoms with Gasteiger partial charge < -0.3 is 18.9 Å². The third-order valence-electron chi connectivity index (χ3n) is 13.1. The second-order valence-electron chi connectivity index (χ2n) is 20.0. The maximum absolute atomic E-state index is 6.76. The number of rotatable bonds is 32. The summed E-state index contributed by atoms with van der Waals surface area (Å²) in [6.45, 7) is 9.25. The molecule has 456 valence electrons. The number of hydrogen-bond acceptors (Lipinski definition) is 12. The lowest BCUT2D eigenvalue weighted by atomic mass is 9.92. The van der Waals surface area contributed by atoms with Crippen LogP contribution in [0.2, 0.25) is 60.3 Å². The highest BCUT2D eigenvalue weighted by Crippen LogP contribution is 2.37. The molecule has 0 saturated carbocycles. The lowest BCUT2D eigenvalue weighted by molar-refractivity contribution is -0.106. The van der Waals surface area contributed by atoms with Crippen LogP contribution >= 0.6 is 139 Å². The molecule has 0 fully saturated rings. The van der Waals surface area contributed by atoms with Crippen LogP contribution in [-0.2, 0) is 70.3 Å². The van der Waals surface area contributed by atoms with E-state index in [9.17, 15) is 0 Å². The first kappa shape index (κ1) is 67.7. The van der Waals surface area contributed by atoms with Crippen molar-refractivity contribution >= 4 is 139 Å². The van der Waals surface area contributed by atoms with E-state index >= 15 is 0 Å². The van der Waals surface area contributed by atoms with Crippen LogP contribution < -0.4 is 0 Å². The van der Waals surface area contributed by atoms with Crippen molar-refractivity contribution in [1.82, 2.24) is 59.1 Å². The Kier molecular flexibility index (Phi) is 25.5. The van der Waals surface area contributed by atoms with Crippen LogP contribution in [0.5, 0.6) is 0 Å². The van der Waals surface area contributed by atoms with Gasteiger partial charge >= 0.3 is 0 Å². The van der Waals surface area contributed by atoms with Crippen molar-refractivity contribution < 1.29 is 18.9 Å². The van der Waals surface area contributed by atoms with Crippen LogP contribution in [0, 0.1) is 5.41 Å². The van der Waals surface area contributed by atoms with Crippen molar-refractivity contribution in [2.75, 3.05) is 52.9 Å². The maximum atomic E-state index is 6.76. The largest absolute Gasteiger partial charge is 0.380 e. The molecule has 0 aliphatic carbocycles. The maximum Gasteiger partial charge on any atom is 0.151 e. The van der Waals surface area contributed by atoms with E-state index in [1.54, 1.807) is 67.3 Å². The Morgan fingerprint density at radius 1 is 0.306 bits per heavy atom. The predicted molar refractivity (Wildman–Crippen MR) is 342 cm³/mol. The van der Waals surface area contributed by atoms with E-state index in [-0.39, 0.29) is 52.9 Å². The van der Waals surface area contributed by atoms with E-state index in [4.69, 9.17) is 198 Å². The van der Waals surface area contributed by atoms with Gasteiger partial charge in [0.2, 0.25) is 0 Å². The molecule has 0 aliphatic heterocycles. The molecule has 0 saturated heterocycles. The molecule has 4 aromatic carbocycles. The van der Waals surface area contributed by atoms with E-state index in [1.165, 1.54) is 0 Å². The Morgan fingerprint density at radius 3 is 0.671 bits per heavy atom. The minimum Gasteiger partial charge on any atom is -0.380 e. The minimum atomic E-state index is -0.985. The molecule has 0 radical (unpaired) electrons. The van der Waals surface area contributed by atoms with Gasteiger partial charge in [-0.1, -0.05) is 167 Å². The SMILES string of the molecule is CCCc1nc(CCOCC(COCCc2nc(CCC)nn2-c2c(Cl)cc(Cl)cc2Cl)(COCCc2nc(CCC)nn2-c2c(Cl)cc(Cl)cc2Cl)COCCc2nc(CCC)nn2-c2c(Cl)cc(Cl)cc2Cl)n(-c2c(Cl)cc(Cl)cc2Cl)n1. The van der Waals surface area contributed by atoms with Crippen LogP contribution in [0.15, 0.2) is 48.5 Å². The Balaban J connectivity index is 1.11. The molecule has 4 heterocycles. The van der Waals surface area contributed by atoms with Crippen molar-refractivity contribution in [3.05, 3.63) is 155 Å². The summed E-state index contributed by atoms with van der Waals surface area (Å²) in [4.78, 5) is 19.6. The normalized spacial score (nSPS) is 12.0. The van der Waals surface area contributed by atoms with Gasteiger partial charge in [-0.2, -0.15) is 20.4 Å². The molecule has 0 atom stereocenters. The quantitative estimate of drug-likeness (QED) is 0.0368. The summed E-state index contributed by atoms with van der Waals surface area (Å²) >= 11 is 79.5. The highest BCUT2D eigenvalue weighted by molar-refractivity contribution is 6.43. The fourth-order valence-corrected chi connectivity index (χ4v) is 13.2. The summed E-state index contributed by atoms with van der Waals surface area (Å²) in [5.41, 5.74) is 0.837. The Morgan fingerprint density at radius 2 is 0.494 bits per heavy atom. The summed E-state index contributed by atoms with van der Waals surface area (Å²) < 4.78 is 33.4. The van der Waals surface area contributed by atoms with Crippen molar-refractivity contribution in [3.8, 4) is 22.7 Å². The van der Waals surface area contributed by atoms with E-state index in [0.717, 1.165) is 25.7 Å². The average Bonchev–Trinajstić information content (AvgIpc) is 4.44. The first-order valence-corrected chi connectivity index (χ1v) is 32.1. The summed E-state index contributed by atoms with van der Waals surface area (Å²) in [6.07, 6.45) is 7.01. The number of aromatic nitrogens is 12. The second-order valence-corrected chi connectivity index (χ2v) is 25.0. The number of aryl methyl sites for hydroxylation is 4. The van der Waals surface area contributed by atoms with Crippen LogP contribution in [-0.4, -0.2) is 112 Å². The van der Waals surface area contributed by atoms with Gasteiger partial charge in [-0.05, 0) is 74.2 Å². The molecular weight excluding hydrogens is 1340 g/mol. The van der Waals surface area contributed by atoms with Gasteiger partial charge in [-0.15, -0.1) is 0 Å². The Labute approximate surface area is 553 Å². The molecule has 0 amide bonds. The summed E-state index contributed by atoms with van der Waals surface area (Å²) in [6, 6.07) is 12.9. The zero-order valence-corrected chi connectivity index (χ0v) is 55.9. The van der Waals surface area contributed by atoms with E-state index in [0.29, 0.717) is 181 Å². The van der Waals surface area contributed by atoms with E-state index < -0.39 is 5.41 Å². The topological polar surface area (TPSA) is 160 Å². The van der Waals surface area contributed by atoms with Gasteiger partial charge in [0.1, 0.15) is 46.0 Å². The molecular formula is C57H60Cl12N12O4. The highest BCUT2D eigenvalue weighted by Gasteiger charge is 2.34. The fraction of sp³-hybridized carbons (Fsp3) is 0.439. The van der Waals surface area contributed by atoms with Gasteiger partial charge in [0.15, 0.2) is 23.3 Å². The molecule has 0 aliphatic rings. The smallest absolute Gasteiger partial charge is 0.151 e. The van der Waals surface area contributed by atoms with Crippen molar-refractivity contribution in [2.45, 2.75) is 105 Å². The minimum absolute atomic E-state index is 0.0812. The lowest BCUT2D eigenvalue weighted by Crippen LogP contribution is -2.42. The van der Waals surface area contributed by atoms with E-state index in [2.05, 4.69) is 27.7 Å². The number of halogens is 12. The summed E-state index contributed by atoms with van der Waals surface area (Å²) in [5, 5.41) is 23.3. The third-order valence-corrected chi connectivity index (χ3v) is 16.2. The van der Waals surface area contributed by atoms with Crippen molar-refractivity contribution in [1.29, 1.82) is 0 Å². The van der Waals surface area contributed by atoms with Gasteiger partial charge in [0, 0.05) is 71.5 Å². The molecule has 85 heavy (non-hydrogen) atoms. The molecule has 0 N–H and O–H groups in total. The Bertz CT molecular complexity index is 3020. The lowest BCUT2D eigenvalue weighted by Gasteiger charge is -2.33. The van der Waals surface area contributed by atoms with E-state index in [1.807, 2.05) is 0 Å². The summed E-state index contributed by atoms with van der Waals surface area (Å²) in [7, 11) is 0. The predicted octanol–water partition coefficient (Wildman–Crippen LogP) is 17.0. The molecule has 0 bridgehead atoms. The molecule has 28 heteroatoms. The molecule has 0 spiro atoms. The average molecular weight is 1400 g/mol. The Hall–Kier alpha value is -3.24. The van der Waals surface area contributed by atoms with Gasteiger partial charge in [-0.3, -0.25) is 0 Å². The number of ether oxygens (including phenoxy) is 4. The third kappa shape index (κ3) is 17.6. The zero-order valence-electron chi connectivity index (χ0n) is 46.8. The molecule has 16 nitrogen and oxygen atoms in total. The molecule has 8 aromatic rings. The van der Waals surface area contributed by atoms with Crippen molar-refractivity contribution in [3.63, 3.8) is 0 Å². The number of hydrogen-bond donors (Lipinski definition) is 0. The number of nitrogens with zero attached hydrogens (tertiary/aromatic N) is 12. The first-order valence-electron chi connectivity index (χ1n) is 27.5. The first-order chi connectivity index (χ1) is 40.8. The van der Waals surface area contributed by atoms with Crippen LogP contribution in [0.25, 0.3) is 22.7 Å². The molecule has 4 aromatic heterocycles. The van der Waals surface area contributed by atoms with Gasteiger partial charge in [0.05, 0.1) is 98.5 Å². The van der Waals surface area contributed by atoms with Crippen LogP contribution in [0.3, 0.4) is 0 Å². The fourth-order valence-electron chi connectivity index (χ4n) is 9.26. The second kappa shape index (κ2) is 32.0. The zero-order chi connectivity index (χ0) is 61.0.